The molecule has 40 heavy (non-hydrogen) atoms. The molecule has 1 aliphatic carbocycles. The summed E-state index contributed by atoms with van der Waals surface area (Å²) in [5.74, 6) is 0.385. The summed E-state index contributed by atoms with van der Waals surface area (Å²) < 4.78 is 65.5. The summed E-state index contributed by atoms with van der Waals surface area (Å²) >= 11 is 0. The third kappa shape index (κ3) is 5.57. The number of fused-ring (bicyclic) bond motifs is 2. The Kier molecular flexibility index (Phi) is 8.52. The van der Waals surface area contributed by atoms with Crippen LogP contribution in [-0.4, -0.2) is 55.9 Å². The molecular weight excluding hydrogens is 571 g/mol. The summed E-state index contributed by atoms with van der Waals surface area (Å²) in [5.41, 5.74) is 7.66. The van der Waals surface area contributed by atoms with Gasteiger partial charge in [-0.05, 0) is 68.9 Å². The zero-order chi connectivity index (χ0) is 26.8. The summed E-state index contributed by atoms with van der Waals surface area (Å²) in [6, 6.07) is 5.70. The molecule has 4 heterocycles. The molecule has 0 amide bonds. The Morgan fingerprint density at radius 3 is 2.42 bits per heavy atom. The molecule has 3 aromatic heterocycles. The molecule has 2 fully saturated rings. The van der Waals surface area contributed by atoms with Gasteiger partial charge in [-0.2, -0.15) is 13.2 Å². The number of halogens is 6. The number of ether oxygens (including phenoxy) is 1. The number of hydrogen-bond donors (Lipinski definition) is 1. The maximum atomic E-state index is 15.4. The molecule has 1 aliphatic heterocycles. The average molecular weight is 601 g/mol. The van der Waals surface area contributed by atoms with Crippen LogP contribution < -0.4 is 10.5 Å². The predicted octanol–water partition coefficient (Wildman–Crippen LogP) is 6.23. The quantitative estimate of drug-likeness (QED) is 0.264. The fraction of sp³-hybridized carbons (Fsp3) is 0.444. The monoisotopic (exact) mass is 600 g/mol. The minimum absolute atomic E-state index is 0. The molecule has 0 radical (unpaired) electrons. The van der Waals surface area contributed by atoms with Crippen molar-refractivity contribution in [2.24, 2.45) is 5.73 Å². The largest absolute Gasteiger partial charge is 0.491 e. The van der Waals surface area contributed by atoms with Crippen LogP contribution in [0.4, 0.5) is 17.6 Å². The number of nitrogens with zero attached hydrogens (tertiary/aromatic N) is 5. The van der Waals surface area contributed by atoms with Crippen LogP contribution in [0.2, 0.25) is 0 Å². The molecule has 0 spiro atoms. The number of alkyl halides is 3. The molecule has 2 aliphatic rings. The van der Waals surface area contributed by atoms with Crippen molar-refractivity contribution in [3.05, 3.63) is 53.5 Å². The highest BCUT2D eigenvalue weighted by Gasteiger charge is 2.46. The highest BCUT2D eigenvalue weighted by molar-refractivity contribution is 5.87. The second-order valence-corrected chi connectivity index (χ2v) is 10.5. The molecular formula is C27H30Cl2F4N6O. The second kappa shape index (κ2) is 11.3. The Bertz CT molecular complexity index is 1520. The van der Waals surface area contributed by atoms with E-state index < -0.39 is 18.0 Å². The van der Waals surface area contributed by atoms with Crippen molar-refractivity contribution in [2.45, 2.75) is 63.4 Å². The Morgan fingerprint density at radius 2 is 1.80 bits per heavy atom. The maximum absolute atomic E-state index is 15.4. The predicted molar refractivity (Wildman–Crippen MR) is 149 cm³/mol. The van der Waals surface area contributed by atoms with E-state index >= 15 is 4.39 Å². The van der Waals surface area contributed by atoms with E-state index in [0.717, 1.165) is 18.4 Å². The molecule has 216 valence electrons. The zero-order valence-corrected chi connectivity index (χ0v) is 23.5. The third-order valence-corrected chi connectivity index (χ3v) is 7.17. The van der Waals surface area contributed by atoms with Gasteiger partial charge in [0.2, 0.25) is 0 Å². The summed E-state index contributed by atoms with van der Waals surface area (Å²) in [5, 5.41) is 8.84. The molecule has 2 atom stereocenters. The smallest absolute Gasteiger partial charge is 0.408 e. The number of rotatable bonds is 6. The van der Waals surface area contributed by atoms with E-state index in [2.05, 4.69) is 15.2 Å². The molecule has 2 N–H and O–H groups in total. The molecule has 6 rings (SSSR count). The Morgan fingerprint density at radius 1 is 1.05 bits per heavy atom. The number of benzene rings is 1. The van der Waals surface area contributed by atoms with E-state index in [1.165, 1.54) is 33.7 Å². The lowest BCUT2D eigenvalue weighted by Crippen LogP contribution is -2.38. The standard InChI is InChI=1S/C27H28F4N6O.2ClH/c1-14(2)38-20-7-5-16-11-19(28)24(33-23(16)22(20)15-3-4-15)26-35-34-21-8-6-17(12-37(21)26)25(27(29,30)31)36-10-9-18(32)13-36;;/h5-8,11-12,14-15,18,25H,3-4,9-10,13,32H2,1-2H3;2*1H/t18-,25+;;/m0../s1. The fourth-order valence-corrected chi connectivity index (χ4v) is 5.38. The lowest BCUT2D eigenvalue weighted by molar-refractivity contribution is -0.183. The molecule has 1 aromatic carbocycles. The Balaban J connectivity index is 0.00000185. The van der Waals surface area contributed by atoms with Crippen LogP contribution in [0.1, 0.15) is 56.2 Å². The lowest BCUT2D eigenvalue weighted by Gasteiger charge is -2.30. The van der Waals surface area contributed by atoms with Crippen molar-refractivity contribution in [3.63, 3.8) is 0 Å². The van der Waals surface area contributed by atoms with E-state index in [-0.39, 0.29) is 73.0 Å². The summed E-state index contributed by atoms with van der Waals surface area (Å²) in [7, 11) is 0. The first-order valence-corrected chi connectivity index (χ1v) is 12.8. The van der Waals surface area contributed by atoms with E-state index in [1.54, 1.807) is 6.07 Å². The highest BCUT2D eigenvalue weighted by atomic mass is 35.5. The number of hydrogen-bond acceptors (Lipinski definition) is 6. The zero-order valence-electron chi connectivity index (χ0n) is 21.9. The van der Waals surface area contributed by atoms with Crippen LogP contribution in [0.15, 0.2) is 36.5 Å². The van der Waals surface area contributed by atoms with Crippen molar-refractivity contribution in [2.75, 3.05) is 13.1 Å². The molecule has 0 bridgehead atoms. The normalized spacial score (nSPS) is 18.6. The van der Waals surface area contributed by atoms with Gasteiger partial charge in [-0.25, -0.2) is 9.37 Å². The summed E-state index contributed by atoms with van der Waals surface area (Å²) in [6.45, 7) is 4.26. The van der Waals surface area contributed by atoms with Crippen LogP contribution in [0.5, 0.6) is 5.75 Å². The molecule has 13 heteroatoms. The van der Waals surface area contributed by atoms with Crippen LogP contribution in [0.25, 0.3) is 28.1 Å². The minimum Gasteiger partial charge on any atom is -0.491 e. The first-order chi connectivity index (χ1) is 18.1. The van der Waals surface area contributed by atoms with Gasteiger partial charge >= 0.3 is 6.18 Å². The summed E-state index contributed by atoms with van der Waals surface area (Å²) in [6.07, 6.45) is -0.778. The number of pyridine rings is 2. The van der Waals surface area contributed by atoms with Gasteiger partial charge in [-0.15, -0.1) is 35.0 Å². The van der Waals surface area contributed by atoms with Gasteiger partial charge in [0.1, 0.15) is 17.5 Å². The van der Waals surface area contributed by atoms with Crippen molar-refractivity contribution < 1.29 is 22.3 Å². The minimum atomic E-state index is -4.52. The van der Waals surface area contributed by atoms with Gasteiger partial charge in [0.05, 0.1) is 11.6 Å². The Hall–Kier alpha value is -2.73. The van der Waals surface area contributed by atoms with Crippen LogP contribution >= 0.6 is 24.8 Å². The molecule has 4 aromatic rings. The van der Waals surface area contributed by atoms with Gasteiger partial charge in [0.15, 0.2) is 17.3 Å². The van der Waals surface area contributed by atoms with Crippen LogP contribution in [0.3, 0.4) is 0 Å². The fourth-order valence-electron chi connectivity index (χ4n) is 5.38. The number of aromatic nitrogens is 4. The molecule has 7 nitrogen and oxygen atoms in total. The van der Waals surface area contributed by atoms with E-state index in [0.29, 0.717) is 28.7 Å². The van der Waals surface area contributed by atoms with Gasteiger partial charge in [-0.3, -0.25) is 9.30 Å². The third-order valence-electron chi connectivity index (χ3n) is 7.17. The topological polar surface area (TPSA) is 81.6 Å². The maximum Gasteiger partial charge on any atom is 0.408 e. The van der Waals surface area contributed by atoms with Gasteiger partial charge < -0.3 is 10.5 Å². The SMILES string of the molecule is CC(C)Oc1ccc2cc(F)c(-c3nnc4ccc([C@@H](N5CC[C@H](N)C5)C(F)(F)F)cn34)nc2c1C1CC1.Cl.Cl. The van der Waals surface area contributed by atoms with Crippen molar-refractivity contribution >= 4 is 41.4 Å². The van der Waals surface area contributed by atoms with Crippen LogP contribution in [-0.2, 0) is 0 Å². The number of nitrogens with two attached hydrogens (primary N) is 1. The van der Waals surface area contributed by atoms with E-state index in [1.807, 2.05) is 19.9 Å². The van der Waals surface area contributed by atoms with Gasteiger partial charge in [0.25, 0.3) is 0 Å². The van der Waals surface area contributed by atoms with E-state index in [9.17, 15) is 13.2 Å². The lowest BCUT2D eigenvalue weighted by atomic mass is 10.0. The first-order valence-electron chi connectivity index (χ1n) is 12.8. The first kappa shape index (κ1) is 30.2. The molecule has 1 saturated heterocycles. The molecule has 1 saturated carbocycles. The van der Waals surface area contributed by atoms with Crippen molar-refractivity contribution in [3.8, 4) is 17.3 Å². The average Bonchev–Trinajstić information content (AvgIpc) is 3.46. The highest BCUT2D eigenvalue weighted by Crippen LogP contribution is 2.48. The van der Waals surface area contributed by atoms with Gasteiger partial charge in [0, 0.05) is 36.3 Å². The van der Waals surface area contributed by atoms with E-state index in [4.69, 9.17) is 10.5 Å². The second-order valence-electron chi connectivity index (χ2n) is 10.5. The van der Waals surface area contributed by atoms with Crippen LogP contribution in [0, 0.1) is 5.82 Å². The van der Waals surface area contributed by atoms with Crippen molar-refractivity contribution in [1.29, 1.82) is 0 Å². The summed E-state index contributed by atoms with van der Waals surface area (Å²) in [4.78, 5) is 6.02. The van der Waals surface area contributed by atoms with Crippen molar-refractivity contribution in [1.82, 2.24) is 24.5 Å². The number of likely N-dealkylation sites (tertiary alicyclic amines) is 1. The Labute approximate surface area is 240 Å². The van der Waals surface area contributed by atoms with Gasteiger partial charge in [-0.1, -0.05) is 6.07 Å². The molecule has 0 unspecified atom stereocenters.